The number of para-hydroxylation sites is 1. The van der Waals surface area contributed by atoms with E-state index in [1.807, 2.05) is 6.07 Å². The van der Waals surface area contributed by atoms with E-state index < -0.39 is 11.2 Å². The molecule has 0 fully saturated rings. The summed E-state index contributed by atoms with van der Waals surface area (Å²) in [4.78, 5) is 44.1. The maximum Gasteiger partial charge on any atom is 0.328 e. The van der Waals surface area contributed by atoms with Crippen molar-refractivity contribution in [3.05, 3.63) is 79.4 Å². The van der Waals surface area contributed by atoms with Gasteiger partial charge in [-0.2, -0.15) is 0 Å². The summed E-state index contributed by atoms with van der Waals surface area (Å²) in [6.07, 6.45) is 1.35. The number of aromatic nitrogens is 6. The lowest BCUT2D eigenvalue weighted by Gasteiger charge is -2.01. The fraction of sp³-hybridized carbons (Fsp3) is 0.125. The van der Waals surface area contributed by atoms with Gasteiger partial charge >= 0.3 is 5.69 Å². The van der Waals surface area contributed by atoms with Crippen LogP contribution in [0.2, 0.25) is 0 Å². The number of rotatable bonds is 5. The average Bonchev–Trinajstić information content (AvgIpc) is 3.10. The van der Waals surface area contributed by atoms with Crippen LogP contribution in [0.4, 0.5) is 0 Å². The lowest BCUT2D eigenvalue weighted by Crippen LogP contribution is -2.28. The lowest BCUT2D eigenvalue weighted by atomic mass is 10.2. The molecule has 0 saturated heterocycles. The van der Waals surface area contributed by atoms with Gasteiger partial charge in [-0.05, 0) is 12.1 Å². The van der Waals surface area contributed by atoms with Gasteiger partial charge in [0.15, 0.2) is 0 Å². The molecule has 3 heterocycles. The number of aromatic amines is 2. The Morgan fingerprint density at radius 2 is 1.93 bits per heavy atom. The van der Waals surface area contributed by atoms with Crippen LogP contribution >= 0.6 is 11.8 Å². The largest absolute Gasteiger partial charge is 0.414 e. The zero-order valence-electron chi connectivity index (χ0n) is 13.7. The predicted octanol–water partition coefficient (Wildman–Crippen LogP) is 0.497. The zero-order chi connectivity index (χ0) is 18.8. The second-order valence-corrected chi connectivity index (χ2v) is 6.44. The van der Waals surface area contributed by atoms with E-state index in [1.54, 1.807) is 18.2 Å². The Hall–Kier alpha value is -3.47. The van der Waals surface area contributed by atoms with Crippen molar-refractivity contribution in [3.63, 3.8) is 0 Å². The first-order valence-corrected chi connectivity index (χ1v) is 8.80. The van der Waals surface area contributed by atoms with E-state index >= 15 is 0 Å². The van der Waals surface area contributed by atoms with E-state index in [9.17, 15) is 14.4 Å². The number of fused-ring (bicyclic) bond motifs is 1. The summed E-state index contributed by atoms with van der Waals surface area (Å²) in [6, 6.07) is 8.30. The van der Waals surface area contributed by atoms with Crippen molar-refractivity contribution < 1.29 is 4.42 Å². The lowest BCUT2D eigenvalue weighted by molar-refractivity contribution is 0.401. The topological polar surface area (TPSA) is 140 Å². The first kappa shape index (κ1) is 17.0. The van der Waals surface area contributed by atoms with Crippen molar-refractivity contribution in [1.29, 1.82) is 0 Å². The summed E-state index contributed by atoms with van der Waals surface area (Å²) >= 11 is 1.21. The molecule has 4 rings (SSSR count). The fourth-order valence-corrected chi connectivity index (χ4v) is 3.06. The van der Waals surface area contributed by atoms with Crippen molar-refractivity contribution in [3.8, 4) is 0 Å². The molecule has 27 heavy (non-hydrogen) atoms. The average molecular weight is 384 g/mol. The number of benzene rings is 1. The standard InChI is InChI=1S/C16H12N6O4S/c23-12-5-6-22(15(25)19-12)7-13-20-21-16(26-13)27-8-11-17-10-4-2-1-3-9(10)14(24)18-11/h1-6H,7-8H2,(H,17,18,24)(H,19,23,25). The molecule has 0 aliphatic heterocycles. The molecule has 2 N–H and O–H groups in total. The molecule has 0 amide bonds. The Kier molecular flexibility index (Phi) is 4.42. The molecule has 11 heteroatoms. The highest BCUT2D eigenvalue weighted by atomic mass is 32.2. The number of nitrogens with one attached hydrogen (secondary N) is 2. The maximum atomic E-state index is 12.1. The second-order valence-electron chi connectivity index (χ2n) is 5.52. The van der Waals surface area contributed by atoms with Crippen molar-refractivity contribution >= 4 is 22.7 Å². The van der Waals surface area contributed by atoms with Crippen LogP contribution in [-0.4, -0.2) is 29.7 Å². The number of hydrogen-bond acceptors (Lipinski definition) is 8. The molecule has 3 aromatic heterocycles. The molecule has 0 spiro atoms. The molecule has 1 aromatic carbocycles. The normalized spacial score (nSPS) is 11.1. The molecule has 0 unspecified atom stereocenters. The summed E-state index contributed by atoms with van der Waals surface area (Å²) in [5, 5.41) is 8.57. The van der Waals surface area contributed by atoms with Crippen LogP contribution in [0.3, 0.4) is 0 Å². The Morgan fingerprint density at radius 3 is 2.78 bits per heavy atom. The summed E-state index contributed by atoms with van der Waals surface area (Å²) in [5.74, 6) is 1.03. The van der Waals surface area contributed by atoms with E-state index in [4.69, 9.17) is 4.42 Å². The zero-order valence-corrected chi connectivity index (χ0v) is 14.5. The van der Waals surface area contributed by atoms with Crippen molar-refractivity contribution in [2.24, 2.45) is 0 Å². The fourth-order valence-electron chi connectivity index (χ4n) is 2.41. The van der Waals surface area contributed by atoms with Gasteiger partial charge in [-0.15, -0.1) is 10.2 Å². The van der Waals surface area contributed by atoms with Gasteiger partial charge in [0, 0.05) is 12.3 Å². The van der Waals surface area contributed by atoms with Gasteiger partial charge in [-0.3, -0.25) is 19.1 Å². The van der Waals surface area contributed by atoms with Crippen LogP contribution in [-0.2, 0) is 12.3 Å². The molecule has 0 bridgehead atoms. The summed E-state index contributed by atoms with van der Waals surface area (Å²) in [7, 11) is 0. The van der Waals surface area contributed by atoms with Gasteiger partial charge in [0.2, 0.25) is 5.89 Å². The maximum absolute atomic E-state index is 12.1. The third-order valence-electron chi connectivity index (χ3n) is 3.65. The highest BCUT2D eigenvalue weighted by Crippen LogP contribution is 2.20. The van der Waals surface area contributed by atoms with E-state index in [1.165, 1.54) is 28.6 Å². The number of H-pyrrole nitrogens is 2. The Labute approximate surface area is 154 Å². The molecular weight excluding hydrogens is 372 g/mol. The molecule has 0 radical (unpaired) electrons. The predicted molar refractivity (Wildman–Crippen MR) is 96.6 cm³/mol. The van der Waals surface area contributed by atoms with E-state index in [-0.39, 0.29) is 23.2 Å². The second kappa shape index (κ2) is 7.03. The molecule has 0 aliphatic rings. The smallest absolute Gasteiger partial charge is 0.328 e. The van der Waals surface area contributed by atoms with Gasteiger partial charge in [-0.1, -0.05) is 23.9 Å². The third kappa shape index (κ3) is 3.72. The van der Waals surface area contributed by atoms with Gasteiger partial charge in [0.25, 0.3) is 16.3 Å². The first-order chi connectivity index (χ1) is 13.1. The number of thioether (sulfide) groups is 1. The van der Waals surface area contributed by atoms with Gasteiger partial charge in [-0.25, -0.2) is 9.78 Å². The highest BCUT2D eigenvalue weighted by molar-refractivity contribution is 7.98. The van der Waals surface area contributed by atoms with Crippen LogP contribution in [0.15, 0.2) is 60.6 Å². The van der Waals surface area contributed by atoms with Gasteiger partial charge in [0.05, 0.1) is 16.7 Å². The Morgan fingerprint density at radius 1 is 1.07 bits per heavy atom. The molecule has 10 nitrogen and oxygen atoms in total. The minimum Gasteiger partial charge on any atom is -0.414 e. The molecule has 136 valence electrons. The van der Waals surface area contributed by atoms with E-state index in [2.05, 4.69) is 25.1 Å². The molecule has 0 atom stereocenters. The summed E-state index contributed by atoms with van der Waals surface area (Å²) in [6.45, 7) is 0.0359. The Bertz CT molecular complexity index is 1290. The quantitative estimate of drug-likeness (QED) is 0.474. The molecule has 4 aromatic rings. The van der Waals surface area contributed by atoms with Gasteiger partial charge in [0.1, 0.15) is 12.4 Å². The van der Waals surface area contributed by atoms with Crippen LogP contribution < -0.4 is 16.8 Å². The van der Waals surface area contributed by atoms with Crippen LogP contribution in [0.5, 0.6) is 0 Å². The van der Waals surface area contributed by atoms with E-state index in [0.29, 0.717) is 22.5 Å². The number of nitrogens with zero attached hydrogens (tertiary/aromatic N) is 4. The summed E-state index contributed by atoms with van der Waals surface area (Å²) in [5.41, 5.74) is -0.636. The van der Waals surface area contributed by atoms with Crippen molar-refractivity contribution in [2.45, 2.75) is 17.5 Å². The minimum absolute atomic E-state index is 0.0359. The van der Waals surface area contributed by atoms with Gasteiger partial charge < -0.3 is 9.40 Å². The highest BCUT2D eigenvalue weighted by Gasteiger charge is 2.10. The number of hydrogen-bond donors (Lipinski definition) is 2. The van der Waals surface area contributed by atoms with Crippen LogP contribution in [0.1, 0.15) is 11.7 Å². The SMILES string of the molecule is O=c1ccn(Cc2nnc(SCc3nc4ccccc4c(=O)[nH]3)o2)c(=O)[nH]1. The van der Waals surface area contributed by atoms with E-state index in [0.717, 1.165) is 0 Å². The van der Waals surface area contributed by atoms with Crippen LogP contribution in [0.25, 0.3) is 10.9 Å². The monoisotopic (exact) mass is 384 g/mol. The first-order valence-electron chi connectivity index (χ1n) is 7.81. The minimum atomic E-state index is -0.562. The Balaban J connectivity index is 1.47. The van der Waals surface area contributed by atoms with Crippen LogP contribution in [0, 0.1) is 0 Å². The third-order valence-corrected chi connectivity index (χ3v) is 4.47. The molecular formula is C16H12N6O4S. The molecule has 0 aliphatic carbocycles. The van der Waals surface area contributed by atoms with Crippen molar-refractivity contribution in [2.75, 3.05) is 0 Å². The summed E-state index contributed by atoms with van der Waals surface area (Å²) < 4.78 is 6.72. The molecule has 0 saturated carbocycles. The van der Waals surface area contributed by atoms with Crippen molar-refractivity contribution in [1.82, 2.24) is 29.7 Å².